The van der Waals surface area contributed by atoms with Crippen LogP contribution in [0.15, 0.2) is 91.0 Å². The smallest absolute Gasteiger partial charge is 0.175 e. The third kappa shape index (κ3) is 3.09. The molecule has 0 heterocycles. The van der Waals surface area contributed by atoms with Crippen molar-refractivity contribution in [2.24, 2.45) is 0 Å². The van der Waals surface area contributed by atoms with Crippen LogP contribution in [0.25, 0.3) is 0 Å². The second-order valence-electron chi connectivity index (χ2n) is 5.64. The Labute approximate surface area is 141 Å². The number of hydrogen-bond acceptors (Lipinski definition) is 2. The number of benzene rings is 3. The van der Waals surface area contributed by atoms with Crippen molar-refractivity contribution < 1.29 is 9.50 Å². The second kappa shape index (κ2) is 7.39. The zero-order chi connectivity index (χ0) is 16.8. The Balaban J connectivity index is 2.28. The van der Waals surface area contributed by atoms with E-state index in [-0.39, 0.29) is 0 Å². The second-order valence-corrected chi connectivity index (χ2v) is 5.64. The topological polar surface area (TPSA) is 32.3 Å². The number of aliphatic hydroxyl groups excluding tert-OH is 1. The van der Waals surface area contributed by atoms with Crippen LogP contribution in [-0.2, 0) is 5.54 Å². The summed E-state index contributed by atoms with van der Waals surface area (Å²) in [5.41, 5.74) is 1.86. The molecule has 2 nitrogen and oxygen atoms in total. The van der Waals surface area contributed by atoms with E-state index in [2.05, 4.69) is 5.32 Å². The standard InChI is InChI=1S/C21H20FNO/c22-20(16-24)23-21(17-10-4-1-5-11-17,18-12-6-2-7-13-18)19-14-8-3-9-15-19/h1-15,20,23-24H,16H2. The van der Waals surface area contributed by atoms with E-state index in [1.54, 1.807) is 0 Å². The van der Waals surface area contributed by atoms with Crippen LogP contribution in [0.4, 0.5) is 4.39 Å². The summed E-state index contributed by atoms with van der Waals surface area (Å²) in [7, 11) is 0. The largest absolute Gasteiger partial charge is 0.392 e. The van der Waals surface area contributed by atoms with E-state index in [0.29, 0.717) is 0 Å². The lowest BCUT2D eigenvalue weighted by atomic mass is 9.77. The van der Waals surface area contributed by atoms with Crippen molar-refractivity contribution >= 4 is 0 Å². The molecular formula is C21H20FNO. The van der Waals surface area contributed by atoms with Gasteiger partial charge in [0.2, 0.25) is 0 Å². The highest BCUT2D eigenvalue weighted by atomic mass is 19.1. The first-order valence-corrected chi connectivity index (χ1v) is 7.96. The van der Waals surface area contributed by atoms with Crippen LogP contribution in [0.3, 0.4) is 0 Å². The lowest BCUT2D eigenvalue weighted by Crippen LogP contribution is -2.49. The molecule has 3 aromatic rings. The third-order valence-electron chi connectivity index (χ3n) is 4.15. The van der Waals surface area contributed by atoms with Gasteiger partial charge in [-0.1, -0.05) is 91.0 Å². The van der Waals surface area contributed by atoms with Crippen molar-refractivity contribution in [3.63, 3.8) is 0 Å². The Bertz CT molecular complexity index is 650. The lowest BCUT2D eigenvalue weighted by molar-refractivity contribution is 0.128. The molecular weight excluding hydrogens is 301 g/mol. The molecule has 0 amide bonds. The summed E-state index contributed by atoms with van der Waals surface area (Å²) < 4.78 is 14.3. The van der Waals surface area contributed by atoms with Crippen LogP contribution in [0, 0.1) is 0 Å². The Morgan fingerprint density at radius 1 is 0.708 bits per heavy atom. The van der Waals surface area contributed by atoms with Crippen LogP contribution >= 0.6 is 0 Å². The summed E-state index contributed by atoms with van der Waals surface area (Å²) in [4.78, 5) is 0. The summed E-state index contributed by atoms with van der Waals surface area (Å²) in [5, 5.41) is 12.3. The molecule has 24 heavy (non-hydrogen) atoms. The van der Waals surface area contributed by atoms with Crippen molar-refractivity contribution in [3.8, 4) is 0 Å². The van der Waals surface area contributed by atoms with Crippen molar-refractivity contribution in [2.45, 2.75) is 11.8 Å². The van der Waals surface area contributed by atoms with Gasteiger partial charge in [-0.3, -0.25) is 5.32 Å². The predicted octanol–water partition coefficient (Wildman–Crippen LogP) is 3.86. The summed E-state index contributed by atoms with van der Waals surface area (Å²) in [6.45, 7) is -0.589. The molecule has 0 aliphatic carbocycles. The molecule has 1 atom stereocenters. The number of alkyl halides is 1. The van der Waals surface area contributed by atoms with Crippen molar-refractivity contribution in [2.75, 3.05) is 6.61 Å². The highest BCUT2D eigenvalue weighted by molar-refractivity contribution is 5.49. The highest BCUT2D eigenvalue weighted by Gasteiger charge is 2.37. The third-order valence-corrected chi connectivity index (χ3v) is 4.15. The molecule has 122 valence electrons. The van der Waals surface area contributed by atoms with Gasteiger partial charge < -0.3 is 5.11 Å². The molecule has 0 aliphatic rings. The van der Waals surface area contributed by atoms with E-state index < -0.39 is 18.4 Å². The number of rotatable bonds is 6. The van der Waals surface area contributed by atoms with Crippen LogP contribution < -0.4 is 5.32 Å². The quantitative estimate of drug-likeness (QED) is 0.534. The Kier molecular flexibility index (Phi) is 5.04. The molecule has 3 rings (SSSR count). The fourth-order valence-corrected chi connectivity index (χ4v) is 3.10. The minimum atomic E-state index is -1.55. The molecule has 2 N–H and O–H groups in total. The van der Waals surface area contributed by atoms with Gasteiger partial charge in [-0.2, -0.15) is 0 Å². The fraction of sp³-hybridized carbons (Fsp3) is 0.143. The average molecular weight is 321 g/mol. The maximum absolute atomic E-state index is 14.3. The molecule has 3 aromatic carbocycles. The molecule has 1 unspecified atom stereocenters. The number of aliphatic hydroxyl groups is 1. The van der Waals surface area contributed by atoms with E-state index in [1.807, 2.05) is 91.0 Å². The van der Waals surface area contributed by atoms with Crippen LogP contribution in [-0.4, -0.2) is 18.0 Å². The molecule has 0 aliphatic heterocycles. The summed E-state index contributed by atoms with van der Waals surface area (Å²) in [6.07, 6.45) is -1.55. The lowest BCUT2D eigenvalue weighted by Gasteiger charge is -2.38. The monoisotopic (exact) mass is 321 g/mol. The Morgan fingerprint density at radius 2 is 1.04 bits per heavy atom. The number of hydrogen-bond donors (Lipinski definition) is 2. The average Bonchev–Trinajstić information content (AvgIpc) is 2.68. The zero-order valence-electron chi connectivity index (χ0n) is 13.3. The van der Waals surface area contributed by atoms with Gasteiger partial charge in [-0.25, -0.2) is 4.39 Å². The summed E-state index contributed by atoms with van der Waals surface area (Å²) in [5.74, 6) is 0. The summed E-state index contributed by atoms with van der Waals surface area (Å²) >= 11 is 0. The zero-order valence-corrected chi connectivity index (χ0v) is 13.3. The van der Waals surface area contributed by atoms with Crippen molar-refractivity contribution in [1.29, 1.82) is 0 Å². The molecule has 3 heteroatoms. The van der Waals surface area contributed by atoms with Crippen LogP contribution in [0.1, 0.15) is 16.7 Å². The first-order valence-electron chi connectivity index (χ1n) is 7.96. The van der Waals surface area contributed by atoms with Gasteiger partial charge in [-0.15, -0.1) is 0 Å². The van der Waals surface area contributed by atoms with Crippen molar-refractivity contribution in [1.82, 2.24) is 5.32 Å². The minimum Gasteiger partial charge on any atom is -0.392 e. The highest BCUT2D eigenvalue weighted by Crippen LogP contribution is 2.37. The molecule has 0 saturated heterocycles. The first-order chi connectivity index (χ1) is 11.8. The molecule has 0 bridgehead atoms. The number of halogens is 1. The van der Waals surface area contributed by atoms with Gasteiger partial charge in [0.15, 0.2) is 6.30 Å². The molecule has 0 saturated carbocycles. The Morgan fingerprint density at radius 3 is 1.33 bits per heavy atom. The maximum atomic E-state index is 14.3. The molecule has 0 aromatic heterocycles. The SMILES string of the molecule is OCC(F)NC(c1ccccc1)(c1ccccc1)c1ccccc1. The van der Waals surface area contributed by atoms with E-state index in [9.17, 15) is 9.50 Å². The fourth-order valence-electron chi connectivity index (χ4n) is 3.10. The van der Waals surface area contributed by atoms with Crippen LogP contribution in [0.2, 0.25) is 0 Å². The van der Waals surface area contributed by atoms with Gasteiger partial charge in [0, 0.05) is 0 Å². The van der Waals surface area contributed by atoms with E-state index in [1.165, 1.54) is 0 Å². The number of nitrogens with one attached hydrogen (secondary N) is 1. The maximum Gasteiger partial charge on any atom is 0.175 e. The van der Waals surface area contributed by atoms with E-state index in [0.717, 1.165) is 16.7 Å². The Hall–Kier alpha value is -2.49. The first kappa shape index (κ1) is 16.4. The van der Waals surface area contributed by atoms with Gasteiger partial charge in [0.05, 0.1) is 12.1 Å². The van der Waals surface area contributed by atoms with Crippen LogP contribution in [0.5, 0.6) is 0 Å². The summed E-state index contributed by atoms with van der Waals surface area (Å²) in [6, 6.07) is 29.2. The van der Waals surface area contributed by atoms with E-state index >= 15 is 0 Å². The molecule has 0 fully saturated rings. The van der Waals surface area contributed by atoms with Crippen molar-refractivity contribution in [3.05, 3.63) is 108 Å². The molecule has 0 spiro atoms. The molecule has 0 radical (unpaired) electrons. The van der Waals surface area contributed by atoms with E-state index in [4.69, 9.17) is 0 Å². The van der Waals surface area contributed by atoms with Gasteiger partial charge >= 0.3 is 0 Å². The van der Waals surface area contributed by atoms with Gasteiger partial charge in [-0.05, 0) is 16.7 Å². The van der Waals surface area contributed by atoms with Gasteiger partial charge in [0.25, 0.3) is 0 Å². The minimum absolute atomic E-state index is 0.589. The normalized spacial score (nSPS) is 12.8. The van der Waals surface area contributed by atoms with Gasteiger partial charge in [0.1, 0.15) is 0 Å². The predicted molar refractivity (Wildman–Crippen MR) is 94.3 cm³/mol.